The SMILES string of the molecule is COc1ccc(N2CCCN(C(=O)C3CCN(c4ncc(C(F)(F)F)cc4Cl)CC3)CC2)cc1. The molecule has 2 aliphatic rings. The predicted octanol–water partition coefficient (Wildman–Crippen LogP) is 4.72. The second kappa shape index (κ2) is 10.3. The second-order valence-corrected chi connectivity index (χ2v) is 9.06. The number of carbonyl (C=O) groups is 1. The second-order valence-electron chi connectivity index (χ2n) is 8.65. The number of alkyl halides is 3. The van der Waals surface area contributed by atoms with Crippen LogP contribution < -0.4 is 14.5 Å². The van der Waals surface area contributed by atoms with E-state index in [0.29, 0.717) is 38.3 Å². The van der Waals surface area contributed by atoms with Gasteiger partial charge in [0.1, 0.15) is 11.6 Å². The quantitative estimate of drug-likeness (QED) is 0.613. The number of hydrogen-bond donors (Lipinski definition) is 0. The molecule has 0 spiro atoms. The molecule has 0 aliphatic carbocycles. The number of aromatic nitrogens is 1. The lowest BCUT2D eigenvalue weighted by molar-refractivity contribution is -0.138. The fraction of sp³-hybridized carbons (Fsp3) is 0.500. The van der Waals surface area contributed by atoms with E-state index in [0.717, 1.165) is 49.8 Å². The van der Waals surface area contributed by atoms with Crippen LogP contribution in [0.4, 0.5) is 24.7 Å². The highest BCUT2D eigenvalue weighted by Crippen LogP contribution is 2.35. The van der Waals surface area contributed by atoms with Crippen molar-refractivity contribution in [1.82, 2.24) is 9.88 Å². The normalized spacial score (nSPS) is 18.1. The average Bonchev–Trinajstić information content (AvgIpc) is 3.09. The summed E-state index contributed by atoms with van der Waals surface area (Å²) in [5, 5.41) is -0.0225. The zero-order chi connectivity index (χ0) is 24.3. The highest BCUT2D eigenvalue weighted by molar-refractivity contribution is 6.33. The van der Waals surface area contributed by atoms with Crippen molar-refractivity contribution in [2.75, 3.05) is 56.2 Å². The predicted molar refractivity (Wildman–Crippen MR) is 126 cm³/mol. The van der Waals surface area contributed by atoms with E-state index in [1.54, 1.807) is 7.11 Å². The third kappa shape index (κ3) is 5.51. The number of hydrogen-bond acceptors (Lipinski definition) is 5. The number of pyridine rings is 1. The minimum atomic E-state index is -4.48. The van der Waals surface area contributed by atoms with Crippen LogP contribution in [-0.4, -0.2) is 62.2 Å². The number of amides is 1. The largest absolute Gasteiger partial charge is 0.497 e. The average molecular weight is 497 g/mol. The molecule has 0 radical (unpaired) electrons. The van der Waals surface area contributed by atoms with Crippen molar-refractivity contribution in [2.45, 2.75) is 25.4 Å². The minimum absolute atomic E-state index is 0.0225. The molecule has 184 valence electrons. The van der Waals surface area contributed by atoms with E-state index in [9.17, 15) is 18.0 Å². The Labute approximate surface area is 202 Å². The van der Waals surface area contributed by atoms with Gasteiger partial charge in [0.25, 0.3) is 0 Å². The van der Waals surface area contributed by atoms with E-state index >= 15 is 0 Å². The van der Waals surface area contributed by atoms with Crippen molar-refractivity contribution in [3.8, 4) is 5.75 Å². The van der Waals surface area contributed by atoms with E-state index in [-0.39, 0.29) is 16.8 Å². The van der Waals surface area contributed by atoms with Crippen LogP contribution in [0.15, 0.2) is 36.5 Å². The molecule has 3 heterocycles. The highest BCUT2D eigenvalue weighted by Gasteiger charge is 2.34. The lowest BCUT2D eigenvalue weighted by Crippen LogP contribution is -2.44. The Morgan fingerprint density at radius 3 is 2.35 bits per heavy atom. The molecule has 1 amide bonds. The topological polar surface area (TPSA) is 48.9 Å². The van der Waals surface area contributed by atoms with Crippen molar-refractivity contribution < 1.29 is 22.7 Å². The Bertz CT molecular complexity index is 995. The summed E-state index contributed by atoms with van der Waals surface area (Å²) in [7, 11) is 1.64. The third-order valence-corrected chi connectivity index (χ3v) is 6.82. The van der Waals surface area contributed by atoms with Gasteiger partial charge in [-0.05, 0) is 49.6 Å². The number of anilines is 2. The van der Waals surface area contributed by atoms with E-state index in [1.807, 2.05) is 34.1 Å². The summed E-state index contributed by atoms with van der Waals surface area (Å²) >= 11 is 6.10. The molecule has 0 unspecified atom stereocenters. The van der Waals surface area contributed by atoms with Gasteiger partial charge in [0.05, 0.1) is 17.7 Å². The highest BCUT2D eigenvalue weighted by atomic mass is 35.5. The molecule has 2 aliphatic heterocycles. The maximum absolute atomic E-state index is 13.2. The molecule has 6 nitrogen and oxygen atoms in total. The number of rotatable bonds is 4. The summed E-state index contributed by atoms with van der Waals surface area (Å²) in [5.74, 6) is 1.21. The van der Waals surface area contributed by atoms with Crippen LogP contribution in [0.25, 0.3) is 0 Å². The summed E-state index contributed by atoms with van der Waals surface area (Å²) < 4.78 is 43.9. The summed E-state index contributed by atoms with van der Waals surface area (Å²) in [6.07, 6.45) is -1.54. The molecule has 2 fully saturated rings. The molecule has 0 N–H and O–H groups in total. The monoisotopic (exact) mass is 496 g/mol. The van der Waals surface area contributed by atoms with Crippen LogP contribution in [0.1, 0.15) is 24.8 Å². The third-order valence-electron chi connectivity index (χ3n) is 6.54. The van der Waals surface area contributed by atoms with Gasteiger partial charge in [-0.3, -0.25) is 4.79 Å². The molecule has 2 saturated heterocycles. The van der Waals surface area contributed by atoms with Gasteiger partial charge < -0.3 is 19.4 Å². The number of halogens is 4. The molecule has 0 saturated carbocycles. The standard InChI is InChI=1S/C24H28ClF3N4O2/c1-34-20-5-3-19(4-6-20)30-9-2-10-32(14-13-30)23(33)17-7-11-31(12-8-17)22-21(25)15-18(16-29-22)24(26,27)28/h3-6,15-17H,2,7-14H2,1H3. The Morgan fingerprint density at radius 2 is 1.74 bits per heavy atom. The van der Waals surface area contributed by atoms with Crippen LogP contribution >= 0.6 is 11.6 Å². The zero-order valence-electron chi connectivity index (χ0n) is 19.0. The van der Waals surface area contributed by atoms with Gasteiger partial charge in [-0.1, -0.05) is 11.6 Å². The molecule has 10 heteroatoms. The number of ether oxygens (including phenoxy) is 1. The van der Waals surface area contributed by atoms with Crippen LogP contribution in [0.3, 0.4) is 0 Å². The first kappa shape index (κ1) is 24.4. The van der Waals surface area contributed by atoms with E-state index in [1.165, 1.54) is 0 Å². The van der Waals surface area contributed by atoms with Crippen LogP contribution in [0, 0.1) is 5.92 Å². The van der Waals surface area contributed by atoms with Crippen LogP contribution in [-0.2, 0) is 11.0 Å². The summed E-state index contributed by atoms with van der Waals surface area (Å²) in [5.41, 5.74) is 0.250. The number of methoxy groups -OCH3 is 1. The minimum Gasteiger partial charge on any atom is -0.497 e. The molecular formula is C24H28ClF3N4O2. The number of nitrogens with zero attached hydrogens (tertiary/aromatic N) is 4. The molecule has 34 heavy (non-hydrogen) atoms. The summed E-state index contributed by atoms with van der Waals surface area (Å²) in [6, 6.07) is 8.86. The van der Waals surface area contributed by atoms with Crippen molar-refractivity contribution in [1.29, 1.82) is 0 Å². The van der Waals surface area contributed by atoms with Gasteiger partial charge >= 0.3 is 6.18 Å². The number of benzene rings is 1. The molecule has 1 aromatic heterocycles. The van der Waals surface area contributed by atoms with Crippen molar-refractivity contribution in [3.05, 3.63) is 47.1 Å². The lowest BCUT2D eigenvalue weighted by atomic mass is 9.95. The van der Waals surface area contributed by atoms with Gasteiger partial charge in [-0.15, -0.1) is 0 Å². The molecule has 1 aromatic carbocycles. The first-order valence-electron chi connectivity index (χ1n) is 11.4. The number of piperidine rings is 1. The fourth-order valence-electron chi connectivity index (χ4n) is 4.60. The van der Waals surface area contributed by atoms with Gasteiger partial charge in [0, 0.05) is 57.1 Å². The first-order chi connectivity index (χ1) is 16.3. The number of carbonyl (C=O) groups excluding carboxylic acids is 1. The molecule has 4 rings (SSSR count). The molecular weight excluding hydrogens is 469 g/mol. The maximum atomic E-state index is 13.2. The van der Waals surface area contributed by atoms with Crippen molar-refractivity contribution in [3.63, 3.8) is 0 Å². The van der Waals surface area contributed by atoms with Gasteiger partial charge in [-0.25, -0.2) is 4.98 Å². The van der Waals surface area contributed by atoms with Crippen molar-refractivity contribution in [2.24, 2.45) is 5.92 Å². The van der Waals surface area contributed by atoms with Crippen molar-refractivity contribution >= 4 is 29.0 Å². The van der Waals surface area contributed by atoms with E-state index < -0.39 is 11.7 Å². The van der Waals surface area contributed by atoms with E-state index in [2.05, 4.69) is 9.88 Å². The fourth-order valence-corrected chi connectivity index (χ4v) is 4.89. The van der Waals surface area contributed by atoms with Crippen LogP contribution in [0.5, 0.6) is 5.75 Å². The Balaban J connectivity index is 1.32. The zero-order valence-corrected chi connectivity index (χ0v) is 19.8. The van der Waals surface area contributed by atoms with Gasteiger partial charge in [-0.2, -0.15) is 13.2 Å². The Kier molecular flexibility index (Phi) is 7.40. The Hall–Kier alpha value is -2.68. The van der Waals surface area contributed by atoms with Gasteiger partial charge in [0.15, 0.2) is 0 Å². The smallest absolute Gasteiger partial charge is 0.417 e. The van der Waals surface area contributed by atoms with Gasteiger partial charge in [0.2, 0.25) is 5.91 Å². The summed E-state index contributed by atoms with van der Waals surface area (Å²) in [6.45, 7) is 4.09. The first-order valence-corrected chi connectivity index (χ1v) is 11.8. The molecule has 2 aromatic rings. The summed E-state index contributed by atoms with van der Waals surface area (Å²) in [4.78, 5) is 23.3. The molecule has 0 bridgehead atoms. The Morgan fingerprint density at radius 1 is 1.03 bits per heavy atom. The molecule has 0 atom stereocenters. The van der Waals surface area contributed by atoms with Crippen LogP contribution in [0.2, 0.25) is 5.02 Å². The van der Waals surface area contributed by atoms with E-state index in [4.69, 9.17) is 16.3 Å². The maximum Gasteiger partial charge on any atom is 0.417 e. The lowest BCUT2D eigenvalue weighted by Gasteiger charge is -2.35.